The van der Waals surface area contributed by atoms with E-state index in [4.69, 9.17) is 5.11 Å². The highest BCUT2D eigenvalue weighted by molar-refractivity contribution is 5.88. The lowest BCUT2D eigenvalue weighted by molar-refractivity contribution is 0.243. The Morgan fingerprint density at radius 2 is 2.22 bits per heavy atom. The van der Waals surface area contributed by atoms with Crippen molar-refractivity contribution in [3.8, 4) is 5.69 Å². The van der Waals surface area contributed by atoms with E-state index in [-0.39, 0.29) is 24.4 Å². The van der Waals surface area contributed by atoms with Crippen LogP contribution in [0.3, 0.4) is 0 Å². The van der Waals surface area contributed by atoms with Crippen LogP contribution in [-0.2, 0) is 0 Å². The summed E-state index contributed by atoms with van der Waals surface area (Å²) in [4.78, 5) is 11.8. The van der Waals surface area contributed by atoms with E-state index < -0.39 is 0 Å². The molecule has 124 valence electrons. The number of urea groups is 1. The van der Waals surface area contributed by atoms with Gasteiger partial charge in [-0.2, -0.15) is 0 Å². The lowest BCUT2D eigenvalue weighted by atomic mass is 10.1. The second-order valence-electron chi connectivity index (χ2n) is 5.52. The number of hydrogen-bond donors (Lipinski definition) is 3. The fourth-order valence-electron chi connectivity index (χ4n) is 2.15. The number of nitrogens with one attached hydrogen (secondary N) is 2. The minimum Gasteiger partial charge on any atom is -0.396 e. The third kappa shape index (κ3) is 4.79. The van der Waals surface area contributed by atoms with E-state index in [2.05, 4.69) is 15.7 Å². The smallest absolute Gasteiger partial charge is 0.320 e. The molecule has 2 rings (SSSR count). The molecule has 0 aliphatic carbocycles. The molecule has 6 nitrogen and oxygen atoms in total. The van der Waals surface area contributed by atoms with E-state index in [1.165, 1.54) is 12.1 Å². The average Bonchev–Trinajstić information content (AvgIpc) is 2.86. The first-order valence-electron chi connectivity index (χ1n) is 7.48. The number of aromatic nitrogens is 2. The van der Waals surface area contributed by atoms with Crippen molar-refractivity contribution in [1.29, 1.82) is 0 Å². The number of amides is 2. The second kappa shape index (κ2) is 7.73. The molecule has 0 saturated carbocycles. The first-order chi connectivity index (χ1) is 11.0. The Morgan fingerprint density at radius 1 is 1.43 bits per heavy atom. The highest BCUT2D eigenvalue weighted by Crippen LogP contribution is 2.15. The van der Waals surface area contributed by atoms with Gasteiger partial charge in [-0.3, -0.25) is 5.32 Å². The van der Waals surface area contributed by atoms with Crippen LogP contribution < -0.4 is 10.6 Å². The zero-order valence-corrected chi connectivity index (χ0v) is 13.2. The Kier molecular flexibility index (Phi) is 5.70. The molecule has 2 amide bonds. The molecule has 0 bridgehead atoms. The molecule has 0 aliphatic heterocycles. The quantitative estimate of drug-likeness (QED) is 0.765. The number of hydrogen-bond acceptors (Lipinski definition) is 3. The van der Waals surface area contributed by atoms with Crippen molar-refractivity contribution in [1.82, 2.24) is 15.1 Å². The zero-order chi connectivity index (χ0) is 16.8. The number of carbonyl (C=O) groups is 1. The lowest BCUT2D eigenvalue weighted by Gasteiger charge is -2.11. The first-order valence-corrected chi connectivity index (χ1v) is 7.48. The Hall–Kier alpha value is -2.41. The van der Waals surface area contributed by atoms with Crippen LogP contribution >= 0.6 is 0 Å². The van der Waals surface area contributed by atoms with Gasteiger partial charge in [-0.25, -0.2) is 13.9 Å². The van der Waals surface area contributed by atoms with Crippen LogP contribution in [0.1, 0.15) is 19.0 Å². The number of aryl methyl sites for hydroxylation is 1. The number of benzene rings is 1. The maximum absolute atomic E-state index is 13.3. The van der Waals surface area contributed by atoms with Gasteiger partial charge in [-0.15, -0.1) is 5.10 Å². The van der Waals surface area contributed by atoms with Crippen LogP contribution in [0.15, 0.2) is 30.3 Å². The summed E-state index contributed by atoms with van der Waals surface area (Å²) in [6.45, 7) is 4.33. The number of rotatable bonds is 6. The molecule has 0 fully saturated rings. The molecular weight excluding hydrogens is 299 g/mol. The van der Waals surface area contributed by atoms with E-state index >= 15 is 0 Å². The van der Waals surface area contributed by atoms with Gasteiger partial charge in [0, 0.05) is 24.9 Å². The van der Waals surface area contributed by atoms with Gasteiger partial charge in [0.25, 0.3) is 0 Å². The Balaban J connectivity index is 1.99. The van der Waals surface area contributed by atoms with E-state index in [1.807, 2.05) is 13.8 Å². The maximum Gasteiger partial charge on any atom is 0.320 e. The fourth-order valence-corrected chi connectivity index (χ4v) is 2.15. The van der Waals surface area contributed by atoms with Crippen LogP contribution in [0, 0.1) is 18.7 Å². The van der Waals surface area contributed by atoms with Gasteiger partial charge in [-0.1, -0.05) is 13.0 Å². The summed E-state index contributed by atoms with van der Waals surface area (Å²) < 4.78 is 14.9. The molecule has 1 heterocycles. The fraction of sp³-hybridized carbons (Fsp3) is 0.375. The van der Waals surface area contributed by atoms with Crippen molar-refractivity contribution in [3.63, 3.8) is 0 Å². The number of anilines is 1. The van der Waals surface area contributed by atoms with E-state index in [0.29, 0.717) is 24.5 Å². The van der Waals surface area contributed by atoms with Gasteiger partial charge in [0.05, 0.1) is 5.69 Å². The van der Waals surface area contributed by atoms with Crippen molar-refractivity contribution in [2.75, 3.05) is 18.5 Å². The highest BCUT2D eigenvalue weighted by atomic mass is 19.1. The minimum absolute atomic E-state index is 0.0989. The van der Waals surface area contributed by atoms with Crippen LogP contribution in [0.5, 0.6) is 0 Å². The molecule has 1 aromatic carbocycles. The van der Waals surface area contributed by atoms with Gasteiger partial charge >= 0.3 is 6.03 Å². The zero-order valence-electron chi connectivity index (χ0n) is 13.2. The van der Waals surface area contributed by atoms with Gasteiger partial charge in [0.2, 0.25) is 0 Å². The summed E-state index contributed by atoms with van der Waals surface area (Å²) in [6.07, 6.45) is 0.633. The molecular formula is C16H21FN4O2. The van der Waals surface area contributed by atoms with Crippen molar-refractivity contribution < 1.29 is 14.3 Å². The lowest BCUT2D eigenvalue weighted by Crippen LogP contribution is -2.32. The summed E-state index contributed by atoms with van der Waals surface area (Å²) in [5.74, 6) is 0.235. The van der Waals surface area contributed by atoms with Crippen LogP contribution in [0.2, 0.25) is 0 Å². The van der Waals surface area contributed by atoms with Gasteiger partial charge < -0.3 is 10.4 Å². The highest BCUT2D eigenvalue weighted by Gasteiger charge is 2.10. The summed E-state index contributed by atoms with van der Waals surface area (Å²) in [7, 11) is 0. The van der Waals surface area contributed by atoms with Crippen molar-refractivity contribution in [3.05, 3.63) is 41.8 Å². The molecule has 1 atom stereocenters. The second-order valence-corrected chi connectivity index (χ2v) is 5.52. The molecule has 0 spiro atoms. The Morgan fingerprint density at radius 3 is 2.91 bits per heavy atom. The molecule has 2 aromatic rings. The van der Waals surface area contributed by atoms with E-state index in [9.17, 15) is 9.18 Å². The number of nitrogens with zero attached hydrogens (tertiary/aromatic N) is 2. The normalized spacial score (nSPS) is 12.0. The molecule has 1 aromatic heterocycles. The molecule has 0 saturated heterocycles. The predicted molar refractivity (Wildman–Crippen MR) is 86.1 cm³/mol. The van der Waals surface area contributed by atoms with Crippen LogP contribution in [-0.4, -0.2) is 34.1 Å². The molecule has 3 N–H and O–H groups in total. The van der Waals surface area contributed by atoms with Gasteiger partial charge in [0.15, 0.2) is 5.82 Å². The summed E-state index contributed by atoms with van der Waals surface area (Å²) >= 11 is 0. The summed E-state index contributed by atoms with van der Waals surface area (Å²) in [6, 6.07) is 7.43. The molecule has 7 heteroatoms. The van der Waals surface area contributed by atoms with Crippen molar-refractivity contribution >= 4 is 11.8 Å². The molecule has 1 unspecified atom stereocenters. The standard InChI is InChI=1S/C16H21FN4O2/c1-11(6-7-22)10-18-16(23)19-15-8-12(2)21(20-15)14-5-3-4-13(17)9-14/h3-5,8-9,11,22H,6-7,10H2,1-2H3,(H2,18,19,20,23). The monoisotopic (exact) mass is 320 g/mol. The largest absolute Gasteiger partial charge is 0.396 e. The Labute approximate surface area is 134 Å². The third-order valence-electron chi connectivity index (χ3n) is 3.41. The minimum atomic E-state index is -0.362. The summed E-state index contributed by atoms with van der Waals surface area (Å²) in [5.41, 5.74) is 1.37. The van der Waals surface area contributed by atoms with Crippen molar-refractivity contribution in [2.24, 2.45) is 5.92 Å². The topological polar surface area (TPSA) is 79.2 Å². The van der Waals surface area contributed by atoms with Crippen LogP contribution in [0.25, 0.3) is 5.69 Å². The maximum atomic E-state index is 13.3. The van der Waals surface area contributed by atoms with Crippen molar-refractivity contribution in [2.45, 2.75) is 20.3 Å². The van der Waals surface area contributed by atoms with E-state index in [0.717, 1.165) is 5.69 Å². The molecule has 0 radical (unpaired) electrons. The predicted octanol–water partition coefficient (Wildman–Crippen LogP) is 2.46. The van der Waals surface area contributed by atoms with Crippen LogP contribution in [0.4, 0.5) is 15.0 Å². The SMILES string of the molecule is Cc1cc(NC(=O)NCC(C)CCO)nn1-c1cccc(F)c1. The number of aliphatic hydroxyl groups is 1. The molecule has 23 heavy (non-hydrogen) atoms. The first kappa shape index (κ1) is 17.0. The number of carbonyl (C=O) groups excluding carboxylic acids is 1. The summed E-state index contributed by atoms with van der Waals surface area (Å²) in [5, 5.41) is 18.5. The molecule has 0 aliphatic rings. The van der Waals surface area contributed by atoms with Gasteiger partial charge in [0.1, 0.15) is 5.82 Å². The Bertz CT molecular complexity index is 672. The number of halogens is 1. The third-order valence-corrected chi connectivity index (χ3v) is 3.41. The van der Waals surface area contributed by atoms with Gasteiger partial charge in [-0.05, 0) is 37.5 Å². The average molecular weight is 320 g/mol. The van der Waals surface area contributed by atoms with E-state index in [1.54, 1.807) is 22.9 Å². The number of aliphatic hydroxyl groups excluding tert-OH is 1.